The summed E-state index contributed by atoms with van der Waals surface area (Å²) in [4.78, 5) is 4.56. The number of hydrogen-bond acceptors (Lipinski definition) is 1. The topological polar surface area (TPSA) is 12.4 Å². The summed E-state index contributed by atoms with van der Waals surface area (Å²) in [7, 11) is 0. The van der Waals surface area contributed by atoms with Crippen LogP contribution in [0.2, 0.25) is 0 Å². The van der Waals surface area contributed by atoms with Crippen molar-refractivity contribution in [3.8, 4) is 0 Å². The smallest absolute Gasteiger partial charge is 0.0561 e. The van der Waals surface area contributed by atoms with E-state index in [1.807, 2.05) is 0 Å². The molecular formula is C10H17N. The Bertz CT molecular complexity index is 211. The van der Waals surface area contributed by atoms with E-state index in [1.54, 1.807) is 0 Å². The minimum atomic E-state index is 0.130. The van der Waals surface area contributed by atoms with E-state index in [9.17, 15) is 0 Å². The first kappa shape index (κ1) is 8.51. The number of nitrogens with zero attached hydrogens (tertiary/aromatic N) is 1. The Labute approximate surface area is 69.2 Å². The summed E-state index contributed by atoms with van der Waals surface area (Å²) >= 11 is 0. The fraction of sp³-hybridized carbons (Fsp3) is 0.700. The molecule has 1 aliphatic heterocycles. The Morgan fingerprint density at radius 3 is 2.55 bits per heavy atom. The molecule has 0 saturated carbocycles. The van der Waals surface area contributed by atoms with Gasteiger partial charge in [-0.15, -0.1) is 0 Å². The normalized spacial score (nSPS) is 30.0. The van der Waals surface area contributed by atoms with Gasteiger partial charge in [-0.3, -0.25) is 4.99 Å². The van der Waals surface area contributed by atoms with Gasteiger partial charge in [-0.1, -0.05) is 13.5 Å². The Balaban J connectivity index is 2.94. The van der Waals surface area contributed by atoms with E-state index in [-0.39, 0.29) is 5.54 Å². The van der Waals surface area contributed by atoms with Crippen LogP contribution in [-0.4, -0.2) is 11.3 Å². The molecule has 1 heteroatoms. The van der Waals surface area contributed by atoms with Gasteiger partial charge >= 0.3 is 0 Å². The maximum absolute atomic E-state index is 4.56. The van der Waals surface area contributed by atoms with E-state index in [4.69, 9.17) is 0 Å². The summed E-state index contributed by atoms with van der Waals surface area (Å²) in [5.74, 6) is 0.600. The molecule has 1 nitrogen and oxygen atoms in total. The van der Waals surface area contributed by atoms with E-state index in [2.05, 4.69) is 39.3 Å². The van der Waals surface area contributed by atoms with Gasteiger partial charge in [0.25, 0.3) is 0 Å². The monoisotopic (exact) mass is 151 g/mol. The van der Waals surface area contributed by atoms with E-state index < -0.39 is 0 Å². The van der Waals surface area contributed by atoms with Crippen LogP contribution >= 0.6 is 0 Å². The second kappa shape index (κ2) is 2.47. The van der Waals surface area contributed by atoms with Gasteiger partial charge in [-0.2, -0.15) is 0 Å². The summed E-state index contributed by atoms with van der Waals surface area (Å²) in [6.45, 7) is 12.7. The fourth-order valence-electron chi connectivity index (χ4n) is 1.80. The molecule has 11 heavy (non-hydrogen) atoms. The molecule has 0 radical (unpaired) electrons. The Kier molecular flexibility index (Phi) is 1.91. The zero-order valence-electron chi connectivity index (χ0n) is 7.94. The first-order valence-corrected chi connectivity index (χ1v) is 4.18. The van der Waals surface area contributed by atoms with E-state index >= 15 is 0 Å². The molecule has 0 aromatic carbocycles. The summed E-state index contributed by atoms with van der Waals surface area (Å²) in [5.41, 5.74) is 2.48. The van der Waals surface area contributed by atoms with Gasteiger partial charge in [-0.05, 0) is 38.7 Å². The lowest BCUT2D eigenvalue weighted by Crippen LogP contribution is -2.29. The predicted octanol–water partition coefficient (Wildman–Crippen LogP) is 2.82. The number of rotatable bonds is 0. The molecule has 0 N–H and O–H groups in total. The van der Waals surface area contributed by atoms with Gasteiger partial charge in [0.1, 0.15) is 0 Å². The maximum Gasteiger partial charge on any atom is 0.0561 e. The lowest BCUT2D eigenvalue weighted by molar-refractivity contribution is 0.406. The van der Waals surface area contributed by atoms with Crippen molar-refractivity contribution in [2.24, 2.45) is 10.9 Å². The molecule has 0 aromatic heterocycles. The highest BCUT2D eigenvalue weighted by Gasteiger charge is 2.27. The van der Waals surface area contributed by atoms with Crippen LogP contribution < -0.4 is 0 Å². The molecule has 0 aliphatic carbocycles. The van der Waals surface area contributed by atoms with Crippen molar-refractivity contribution in [1.82, 2.24) is 0 Å². The van der Waals surface area contributed by atoms with Crippen molar-refractivity contribution < 1.29 is 0 Å². The van der Waals surface area contributed by atoms with Crippen molar-refractivity contribution in [2.45, 2.75) is 39.7 Å². The Hall–Kier alpha value is -0.590. The zero-order valence-corrected chi connectivity index (χ0v) is 7.94. The minimum absolute atomic E-state index is 0.130. The van der Waals surface area contributed by atoms with Crippen molar-refractivity contribution >= 4 is 5.71 Å². The molecule has 1 heterocycles. The van der Waals surface area contributed by atoms with Crippen molar-refractivity contribution in [2.75, 3.05) is 0 Å². The SMILES string of the molecule is C=C1C(C)=NC(C)(C)CC1C. The van der Waals surface area contributed by atoms with Crippen molar-refractivity contribution in [3.63, 3.8) is 0 Å². The van der Waals surface area contributed by atoms with Crippen molar-refractivity contribution in [3.05, 3.63) is 12.2 Å². The molecule has 1 atom stereocenters. The van der Waals surface area contributed by atoms with Crippen LogP contribution in [0.25, 0.3) is 0 Å². The van der Waals surface area contributed by atoms with Crippen LogP contribution in [0.4, 0.5) is 0 Å². The second-order valence-corrected chi connectivity index (χ2v) is 4.14. The lowest BCUT2D eigenvalue weighted by atomic mass is 9.83. The quantitative estimate of drug-likeness (QED) is 0.505. The largest absolute Gasteiger partial charge is 0.284 e. The molecule has 0 saturated heterocycles. The van der Waals surface area contributed by atoms with Crippen molar-refractivity contribution in [1.29, 1.82) is 0 Å². The van der Waals surface area contributed by atoms with E-state index in [1.165, 1.54) is 5.57 Å². The standard InChI is InChI=1S/C10H17N/c1-7-6-10(4,5)11-9(3)8(7)2/h7H,2,6H2,1,3-5H3. The van der Waals surface area contributed by atoms with Crippen LogP contribution in [0.1, 0.15) is 34.1 Å². The molecule has 1 aliphatic rings. The zero-order chi connectivity index (χ0) is 8.65. The average Bonchev–Trinajstić information content (AvgIpc) is 1.81. The maximum atomic E-state index is 4.56. The van der Waals surface area contributed by atoms with E-state index in [0.717, 1.165) is 12.1 Å². The van der Waals surface area contributed by atoms with Gasteiger partial charge in [-0.25, -0.2) is 0 Å². The van der Waals surface area contributed by atoms with Gasteiger partial charge in [0.15, 0.2) is 0 Å². The highest BCUT2D eigenvalue weighted by molar-refractivity contribution is 5.98. The third-order valence-corrected chi connectivity index (χ3v) is 2.34. The predicted molar refractivity (Wildman–Crippen MR) is 50.1 cm³/mol. The molecule has 0 amide bonds. The molecule has 0 aromatic rings. The van der Waals surface area contributed by atoms with Gasteiger partial charge < -0.3 is 0 Å². The summed E-state index contributed by atoms with van der Waals surface area (Å²) < 4.78 is 0. The molecule has 0 bridgehead atoms. The number of hydrogen-bond donors (Lipinski definition) is 0. The molecule has 0 fully saturated rings. The Morgan fingerprint density at radius 1 is 1.55 bits per heavy atom. The molecule has 62 valence electrons. The molecule has 0 spiro atoms. The molecular weight excluding hydrogens is 134 g/mol. The van der Waals surface area contributed by atoms with Crippen LogP contribution in [0.15, 0.2) is 17.1 Å². The number of aliphatic imine (C=N–C) groups is 1. The summed E-state index contributed by atoms with van der Waals surface area (Å²) in [6, 6.07) is 0. The van der Waals surface area contributed by atoms with Crippen LogP contribution in [-0.2, 0) is 0 Å². The van der Waals surface area contributed by atoms with E-state index in [0.29, 0.717) is 5.92 Å². The van der Waals surface area contributed by atoms with Gasteiger partial charge in [0.05, 0.1) is 5.54 Å². The third-order valence-electron chi connectivity index (χ3n) is 2.34. The average molecular weight is 151 g/mol. The molecule has 1 rings (SSSR count). The second-order valence-electron chi connectivity index (χ2n) is 4.14. The minimum Gasteiger partial charge on any atom is -0.284 e. The van der Waals surface area contributed by atoms with Gasteiger partial charge in [0, 0.05) is 5.71 Å². The highest BCUT2D eigenvalue weighted by atomic mass is 14.9. The highest BCUT2D eigenvalue weighted by Crippen LogP contribution is 2.30. The van der Waals surface area contributed by atoms with Crippen LogP contribution in [0.3, 0.4) is 0 Å². The molecule has 1 unspecified atom stereocenters. The van der Waals surface area contributed by atoms with Crippen LogP contribution in [0, 0.1) is 5.92 Å². The first-order valence-electron chi connectivity index (χ1n) is 4.18. The van der Waals surface area contributed by atoms with Gasteiger partial charge in [0.2, 0.25) is 0 Å². The number of allylic oxidation sites excluding steroid dienone is 1. The summed E-state index contributed by atoms with van der Waals surface area (Å²) in [6.07, 6.45) is 1.13. The fourth-order valence-corrected chi connectivity index (χ4v) is 1.80. The summed E-state index contributed by atoms with van der Waals surface area (Å²) in [5, 5.41) is 0. The first-order chi connectivity index (χ1) is 4.92. The van der Waals surface area contributed by atoms with Crippen LogP contribution in [0.5, 0.6) is 0 Å². The third kappa shape index (κ3) is 1.70. The lowest BCUT2D eigenvalue weighted by Gasteiger charge is -2.31. The Morgan fingerprint density at radius 2 is 2.09 bits per heavy atom.